The Labute approximate surface area is 126 Å². The molecular formula is C15H15ClN2OS. The number of nitrogens with one attached hydrogen (secondary N) is 1. The summed E-state index contributed by atoms with van der Waals surface area (Å²) in [7, 11) is 0. The maximum absolute atomic E-state index is 5.92. The van der Waals surface area contributed by atoms with E-state index in [2.05, 4.69) is 24.1 Å². The molecule has 0 fully saturated rings. The van der Waals surface area contributed by atoms with Gasteiger partial charge in [0.25, 0.3) is 0 Å². The van der Waals surface area contributed by atoms with E-state index in [1.54, 1.807) is 11.3 Å². The quantitative estimate of drug-likeness (QED) is 0.712. The monoisotopic (exact) mass is 306 g/mol. The highest BCUT2D eigenvalue weighted by Gasteiger charge is 2.09. The highest BCUT2D eigenvalue weighted by atomic mass is 35.5. The maximum atomic E-state index is 5.92. The number of benzene rings is 1. The van der Waals surface area contributed by atoms with Crippen LogP contribution in [0.4, 0.5) is 5.69 Å². The Morgan fingerprint density at radius 2 is 2.15 bits per heavy atom. The molecule has 3 aromatic rings. The van der Waals surface area contributed by atoms with Crippen LogP contribution >= 0.6 is 22.9 Å². The highest BCUT2D eigenvalue weighted by Crippen LogP contribution is 2.25. The van der Waals surface area contributed by atoms with E-state index in [-0.39, 0.29) is 0 Å². The Morgan fingerprint density at radius 1 is 1.30 bits per heavy atom. The molecule has 0 amide bonds. The molecule has 2 heterocycles. The van der Waals surface area contributed by atoms with Gasteiger partial charge in [-0.15, -0.1) is 11.3 Å². The number of anilines is 1. The summed E-state index contributed by atoms with van der Waals surface area (Å²) < 4.78 is 6.51. The number of aromatic nitrogens is 1. The van der Waals surface area contributed by atoms with Crippen LogP contribution in [0.5, 0.6) is 0 Å². The number of thiophene rings is 1. The normalized spacial score (nSPS) is 11.4. The first-order valence-corrected chi connectivity index (χ1v) is 7.70. The predicted molar refractivity (Wildman–Crippen MR) is 84.8 cm³/mol. The maximum Gasteiger partial charge on any atom is 0.198 e. The van der Waals surface area contributed by atoms with Crippen LogP contribution in [-0.2, 0) is 6.54 Å². The summed E-state index contributed by atoms with van der Waals surface area (Å²) in [5.74, 6) is 1.08. The van der Waals surface area contributed by atoms with Crippen LogP contribution in [0.3, 0.4) is 0 Å². The second-order valence-electron chi connectivity index (χ2n) is 4.95. The van der Waals surface area contributed by atoms with Crippen molar-refractivity contribution >= 4 is 39.7 Å². The van der Waals surface area contributed by atoms with Gasteiger partial charge in [-0.3, -0.25) is 0 Å². The van der Waals surface area contributed by atoms with Crippen LogP contribution in [0.1, 0.15) is 30.5 Å². The van der Waals surface area contributed by atoms with Crippen molar-refractivity contribution in [3.63, 3.8) is 0 Å². The number of hydrogen-bond donors (Lipinski definition) is 1. The number of nitrogens with zero attached hydrogens (tertiary/aromatic N) is 1. The fourth-order valence-electron chi connectivity index (χ4n) is 1.94. The first kappa shape index (κ1) is 13.5. The second-order valence-corrected chi connectivity index (χ2v) is 6.75. The Morgan fingerprint density at radius 3 is 2.85 bits per heavy atom. The number of fused-ring (bicyclic) bond motifs is 1. The van der Waals surface area contributed by atoms with E-state index in [4.69, 9.17) is 16.0 Å². The molecule has 0 saturated carbocycles. The number of hydrogen-bond acceptors (Lipinski definition) is 4. The second kappa shape index (κ2) is 5.46. The van der Waals surface area contributed by atoms with Gasteiger partial charge in [0.15, 0.2) is 11.5 Å². The fraction of sp³-hybridized carbons (Fsp3) is 0.267. The molecule has 3 nitrogen and oxygen atoms in total. The molecule has 0 spiro atoms. The molecule has 5 heteroatoms. The molecular weight excluding hydrogens is 292 g/mol. The standard InChI is InChI=1S/C15H15ClN2OS/c1-9(2)15-18-12-7-10(3-5-13(12)19-15)17-8-11-4-6-14(16)20-11/h3-7,9,17H,8H2,1-2H3. The summed E-state index contributed by atoms with van der Waals surface area (Å²) in [6.07, 6.45) is 0. The van der Waals surface area contributed by atoms with Crippen molar-refractivity contribution in [2.75, 3.05) is 5.32 Å². The van der Waals surface area contributed by atoms with E-state index in [1.807, 2.05) is 30.3 Å². The van der Waals surface area contributed by atoms with Crippen LogP contribution in [0.25, 0.3) is 11.1 Å². The molecule has 0 atom stereocenters. The minimum Gasteiger partial charge on any atom is -0.440 e. The van der Waals surface area contributed by atoms with Crippen molar-refractivity contribution in [1.82, 2.24) is 4.98 Å². The third kappa shape index (κ3) is 2.81. The fourth-order valence-corrected chi connectivity index (χ4v) is 2.97. The molecule has 0 radical (unpaired) electrons. The van der Waals surface area contributed by atoms with Gasteiger partial charge in [-0.05, 0) is 30.3 Å². The summed E-state index contributed by atoms with van der Waals surface area (Å²) in [5.41, 5.74) is 2.76. The minimum atomic E-state index is 0.298. The molecule has 0 bridgehead atoms. The van der Waals surface area contributed by atoms with Gasteiger partial charge in [0.1, 0.15) is 5.52 Å². The molecule has 20 heavy (non-hydrogen) atoms. The Kier molecular flexibility index (Phi) is 3.68. The van der Waals surface area contributed by atoms with Gasteiger partial charge in [-0.25, -0.2) is 4.98 Å². The zero-order valence-corrected chi connectivity index (χ0v) is 12.9. The van der Waals surface area contributed by atoms with Gasteiger partial charge in [0, 0.05) is 23.0 Å². The Bertz CT molecular complexity index is 732. The van der Waals surface area contributed by atoms with Crippen LogP contribution in [0.2, 0.25) is 4.34 Å². The first-order chi connectivity index (χ1) is 9.61. The molecule has 1 N–H and O–H groups in total. The van der Waals surface area contributed by atoms with Gasteiger partial charge < -0.3 is 9.73 Å². The molecule has 1 aromatic carbocycles. The summed E-state index contributed by atoms with van der Waals surface area (Å²) in [6, 6.07) is 9.93. The molecule has 0 aliphatic carbocycles. The predicted octanol–water partition coefficient (Wildman–Crippen LogP) is 5.28. The molecule has 0 aliphatic rings. The van der Waals surface area contributed by atoms with E-state index >= 15 is 0 Å². The molecule has 0 unspecified atom stereocenters. The van der Waals surface area contributed by atoms with E-state index in [9.17, 15) is 0 Å². The van der Waals surface area contributed by atoms with E-state index in [0.29, 0.717) is 5.92 Å². The van der Waals surface area contributed by atoms with Crippen molar-refractivity contribution in [3.05, 3.63) is 45.4 Å². The van der Waals surface area contributed by atoms with Crippen molar-refractivity contribution in [2.24, 2.45) is 0 Å². The molecule has 3 rings (SSSR count). The SMILES string of the molecule is CC(C)c1nc2cc(NCc3ccc(Cl)s3)ccc2o1. The van der Waals surface area contributed by atoms with Crippen molar-refractivity contribution in [2.45, 2.75) is 26.3 Å². The lowest BCUT2D eigenvalue weighted by Gasteiger charge is -2.03. The topological polar surface area (TPSA) is 38.1 Å². The van der Waals surface area contributed by atoms with Crippen LogP contribution in [0.15, 0.2) is 34.7 Å². The van der Waals surface area contributed by atoms with Crippen LogP contribution in [0, 0.1) is 0 Å². The van der Waals surface area contributed by atoms with Crippen molar-refractivity contribution in [3.8, 4) is 0 Å². The van der Waals surface area contributed by atoms with Gasteiger partial charge in [-0.1, -0.05) is 25.4 Å². The van der Waals surface area contributed by atoms with Crippen LogP contribution < -0.4 is 5.32 Å². The summed E-state index contributed by atoms with van der Waals surface area (Å²) in [6.45, 7) is 4.91. The largest absolute Gasteiger partial charge is 0.440 e. The third-order valence-electron chi connectivity index (χ3n) is 2.99. The molecule has 2 aromatic heterocycles. The number of rotatable bonds is 4. The number of oxazole rings is 1. The van der Waals surface area contributed by atoms with Crippen molar-refractivity contribution < 1.29 is 4.42 Å². The van der Waals surface area contributed by atoms with Gasteiger partial charge in [0.05, 0.1) is 4.34 Å². The zero-order valence-electron chi connectivity index (χ0n) is 11.3. The van der Waals surface area contributed by atoms with Gasteiger partial charge >= 0.3 is 0 Å². The highest BCUT2D eigenvalue weighted by molar-refractivity contribution is 7.16. The molecule has 0 saturated heterocycles. The number of halogens is 1. The summed E-state index contributed by atoms with van der Waals surface area (Å²) in [5, 5.41) is 3.38. The van der Waals surface area contributed by atoms with Crippen LogP contribution in [-0.4, -0.2) is 4.98 Å². The van der Waals surface area contributed by atoms with E-state index in [1.165, 1.54) is 4.88 Å². The van der Waals surface area contributed by atoms with Gasteiger partial charge in [0.2, 0.25) is 0 Å². The summed E-state index contributed by atoms with van der Waals surface area (Å²) in [4.78, 5) is 5.71. The average molecular weight is 307 g/mol. The molecule has 0 aliphatic heterocycles. The van der Waals surface area contributed by atoms with Crippen molar-refractivity contribution in [1.29, 1.82) is 0 Å². The lowest BCUT2D eigenvalue weighted by atomic mass is 10.2. The smallest absolute Gasteiger partial charge is 0.198 e. The summed E-state index contributed by atoms with van der Waals surface area (Å²) >= 11 is 7.51. The average Bonchev–Trinajstić information content (AvgIpc) is 3.01. The Balaban J connectivity index is 1.78. The van der Waals surface area contributed by atoms with Gasteiger partial charge in [-0.2, -0.15) is 0 Å². The third-order valence-corrected chi connectivity index (χ3v) is 4.22. The first-order valence-electron chi connectivity index (χ1n) is 6.50. The van der Waals surface area contributed by atoms with E-state index in [0.717, 1.165) is 33.6 Å². The van der Waals surface area contributed by atoms with E-state index < -0.39 is 0 Å². The minimum absolute atomic E-state index is 0.298. The molecule has 104 valence electrons. The lowest BCUT2D eigenvalue weighted by molar-refractivity contribution is 0.501. The lowest BCUT2D eigenvalue weighted by Crippen LogP contribution is -1.96. The zero-order chi connectivity index (χ0) is 14.1. The Hall–Kier alpha value is -1.52.